The maximum absolute atomic E-state index is 5.63. The van der Waals surface area contributed by atoms with Gasteiger partial charge in [0.2, 0.25) is 0 Å². The zero-order valence-electron chi connectivity index (χ0n) is 14.4. The number of aromatic nitrogens is 2. The van der Waals surface area contributed by atoms with Crippen molar-refractivity contribution in [3.8, 4) is 0 Å². The lowest BCUT2D eigenvalue weighted by Crippen LogP contribution is -2.53. The fourth-order valence-electron chi connectivity index (χ4n) is 3.67. The topological polar surface area (TPSA) is 36.3 Å². The lowest BCUT2D eigenvalue weighted by atomic mass is 9.96. The van der Waals surface area contributed by atoms with E-state index in [0.717, 1.165) is 43.5 Å². The molecule has 6 heteroatoms. The molecule has 1 aromatic rings. The van der Waals surface area contributed by atoms with Crippen LogP contribution in [0.1, 0.15) is 43.4 Å². The standard InChI is InChI=1S/C17H29N5S/c1-14-15(12-20(2)19-14)13-21-8-10-22(11-9-21)17(23)18-16-6-4-3-5-7-16/h12,16H,3-11,13H2,1-2H3,(H,18,23). The summed E-state index contributed by atoms with van der Waals surface area (Å²) in [4.78, 5) is 4.85. The Labute approximate surface area is 145 Å². The first-order valence-electron chi connectivity index (χ1n) is 8.89. The zero-order valence-corrected chi connectivity index (χ0v) is 15.2. The van der Waals surface area contributed by atoms with E-state index in [4.69, 9.17) is 12.2 Å². The molecule has 2 heterocycles. The number of nitrogens with zero attached hydrogens (tertiary/aromatic N) is 4. The summed E-state index contributed by atoms with van der Waals surface area (Å²) in [5.74, 6) is 0. The Bertz CT molecular complexity index is 527. The van der Waals surface area contributed by atoms with Crippen LogP contribution in [0.5, 0.6) is 0 Å². The van der Waals surface area contributed by atoms with Crippen molar-refractivity contribution < 1.29 is 0 Å². The second-order valence-electron chi connectivity index (χ2n) is 6.96. The van der Waals surface area contributed by atoms with Crippen molar-refractivity contribution in [2.24, 2.45) is 7.05 Å². The number of hydrogen-bond donors (Lipinski definition) is 1. The summed E-state index contributed by atoms with van der Waals surface area (Å²) in [6.45, 7) is 7.28. The van der Waals surface area contributed by atoms with Gasteiger partial charge in [-0.25, -0.2) is 0 Å². The van der Waals surface area contributed by atoms with Crippen LogP contribution in [0.2, 0.25) is 0 Å². The molecule has 0 bridgehead atoms. The molecule has 1 saturated heterocycles. The van der Waals surface area contributed by atoms with Crippen LogP contribution in [0.3, 0.4) is 0 Å². The van der Waals surface area contributed by atoms with Crippen LogP contribution in [0.15, 0.2) is 6.20 Å². The highest BCUT2D eigenvalue weighted by molar-refractivity contribution is 7.80. The maximum Gasteiger partial charge on any atom is 0.169 e. The van der Waals surface area contributed by atoms with Crippen LogP contribution < -0.4 is 5.32 Å². The molecule has 0 aromatic carbocycles. The van der Waals surface area contributed by atoms with Gasteiger partial charge in [0, 0.05) is 57.6 Å². The van der Waals surface area contributed by atoms with Gasteiger partial charge in [-0.2, -0.15) is 5.10 Å². The Morgan fingerprint density at radius 2 is 1.91 bits per heavy atom. The van der Waals surface area contributed by atoms with E-state index < -0.39 is 0 Å². The summed E-state index contributed by atoms with van der Waals surface area (Å²) in [6.07, 6.45) is 8.77. The van der Waals surface area contributed by atoms with Crippen LogP contribution in [0.25, 0.3) is 0 Å². The molecule has 2 fully saturated rings. The predicted octanol–water partition coefficient (Wildman–Crippen LogP) is 2.05. The fourth-order valence-corrected chi connectivity index (χ4v) is 4.02. The summed E-state index contributed by atoms with van der Waals surface area (Å²) < 4.78 is 1.91. The minimum atomic E-state index is 0.604. The molecule has 23 heavy (non-hydrogen) atoms. The lowest BCUT2D eigenvalue weighted by Gasteiger charge is -2.37. The molecule has 1 aliphatic heterocycles. The minimum Gasteiger partial charge on any atom is -0.360 e. The van der Waals surface area contributed by atoms with Crippen LogP contribution in [0.4, 0.5) is 0 Å². The summed E-state index contributed by atoms with van der Waals surface area (Å²) in [5.41, 5.74) is 2.48. The largest absolute Gasteiger partial charge is 0.360 e. The van der Waals surface area contributed by atoms with Crippen molar-refractivity contribution in [2.75, 3.05) is 26.2 Å². The van der Waals surface area contributed by atoms with Gasteiger partial charge in [-0.1, -0.05) is 19.3 Å². The smallest absolute Gasteiger partial charge is 0.169 e. The van der Waals surface area contributed by atoms with Gasteiger partial charge in [-0.3, -0.25) is 9.58 Å². The second kappa shape index (κ2) is 7.62. The zero-order chi connectivity index (χ0) is 16.2. The van der Waals surface area contributed by atoms with E-state index in [-0.39, 0.29) is 0 Å². The lowest BCUT2D eigenvalue weighted by molar-refractivity contribution is 0.173. The highest BCUT2D eigenvalue weighted by Gasteiger charge is 2.22. The molecular formula is C17H29N5S. The monoisotopic (exact) mass is 335 g/mol. The van der Waals surface area contributed by atoms with Crippen molar-refractivity contribution in [1.29, 1.82) is 0 Å². The third-order valence-corrected chi connectivity index (χ3v) is 5.48. The van der Waals surface area contributed by atoms with E-state index in [1.807, 2.05) is 11.7 Å². The Morgan fingerprint density at radius 1 is 1.22 bits per heavy atom. The van der Waals surface area contributed by atoms with E-state index in [2.05, 4.69) is 33.3 Å². The van der Waals surface area contributed by atoms with Crippen molar-refractivity contribution in [3.05, 3.63) is 17.5 Å². The molecule has 1 aliphatic carbocycles. The van der Waals surface area contributed by atoms with Gasteiger partial charge in [-0.15, -0.1) is 0 Å². The summed E-state index contributed by atoms with van der Waals surface area (Å²) in [5, 5.41) is 8.99. The van der Waals surface area contributed by atoms with Crippen molar-refractivity contribution in [2.45, 2.75) is 51.6 Å². The van der Waals surface area contributed by atoms with E-state index in [1.54, 1.807) is 0 Å². The maximum atomic E-state index is 5.63. The van der Waals surface area contributed by atoms with Gasteiger partial charge in [0.1, 0.15) is 0 Å². The van der Waals surface area contributed by atoms with E-state index in [9.17, 15) is 0 Å². The molecule has 0 atom stereocenters. The Balaban J connectivity index is 1.44. The number of aryl methyl sites for hydroxylation is 2. The average Bonchev–Trinajstić information content (AvgIpc) is 2.86. The van der Waals surface area contributed by atoms with E-state index in [0.29, 0.717) is 6.04 Å². The Kier molecular flexibility index (Phi) is 5.54. The van der Waals surface area contributed by atoms with E-state index >= 15 is 0 Å². The third kappa shape index (κ3) is 4.44. The molecule has 0 spiro atoms. The first-order valence-corrected chi connectivity index (χ1v) is 9.29. The van der Waals surface area contributed by atoms with Crippen molar-refractivity contribution in [3.63, 3.8) is 0 Å². The number of piperazine rings is 1. The van der Waals surface area contributed by atoms with Gasteiger partial charge in [0.15, 0.2) is 5.11 Å². The molecule has 1 aromatic heterocycles. The summed E-state index contributed by atoms with van der Waals surface area (Å²) in [7, 11) is 1.99. The van der Waals surface area contributed by atoms with Gasteiger partial charge < -0.3 is 10.2 Å². The first kappa shape index (κ1) is 16.7. The van der Waals surface area contributed by atoms with E-state index in [1.165, 1.54) is 37.7 Å². The predicted molar refractivity (Wildman–Crippen MR) is 97.4 cm³/mol. The SMILES string of the molecule is Cc1nn(C)cc1CN1CCN(C(=S)NC2CCCCC2)CC1. The third-order valence-electron chi connectivity index (χ3n) is 5.10. The molecule has 1 N–H and O–H groups in total. The van der Waals surface area contributed by atoms with Crippen LogP contribution >= 0.6 is 12.2 Å². The van der Waals surface area contributed by atoms with Crippen LogP contribution in [-0.2, 0) is 13.6 Å². The number of thiocarbonyl (C=S) groups is 1. The highest BCUT2D eigenvalue weighted by Crippen LogP contribution is 2.18. The van der Waals surface area contributed by atoms with Crippen molar-refractivity contribution >= 4 is 17.3 Å². The Hall–Kier alpha value is -1.14. The first-order chi connectivity index (χ1) is 11.1. The molecule has 3 rings (SSSR count). The summed E-state index contributed by atoms with van der Waals surface area (Å²) >= 11 is 5.63. The fraction of sp³-hybridized carbons (Fsp3) is 0.765. The van der Waals surface area contributed by atoms with Crippen molar-refractivity contribution in [1.82, 2.24) is 24.9 Å². The van der Waals surface area contributed by atoms with Gasteiger partial charge >= 0.3 is 0 Å². The molecule has 0 radical (unpaired) electrons. The van der Waals surface area contributed by atoms with Gasteiger partial charge in [0.05, 0.1) is 5.69 Å². The molecule has 5 nitrogen and oxygen atoms in total. The molecule has 2 aliphatic rings. The van der Waals surface area contributed by atoms with Gasteiger partial charge in [-0.05, 0) is 32.0 Å². The normalized spacial score (nSPS) is 20.7. The molecular weight excluding hydrogens is 306 g/mol. The highest BCUT2D eigenvalue weighted by atomic mass is 32.1. The second-order valence-corrected chi connectivity index (χ2v) is 7.35. The number of nitrogens with one attached hydrogen (secondary N) is 1. The molecule has 1 saturated carbocycles. The Morgan fingerprint density at radius 3 is 2.52 bits per heavy atom. The molecule has 0 amide bonds. The van der Waals surface area contributed by atoms with Gasteiger partial charge in [0.25, 0.3) is 0 Å². The minimum absolute atomic E-state index is 0.604. The number of rotatable bonds is 3. The summed E-state index contributed by atoms with van der Waals surface area (Å²) in [6, 6.07) is 0.604. The van der Waals surface area contributed by atoms with Crippen LogP contribution in [0, 0.1) is 6.92 Å². The average molecular weight is 336 g/mol. The van der Waals surface area contributed by atoms with Crippen LogP contribution in [-0.4, -0.2) is 56.9 Å². The number of hydrogen-bond acceptors (Lipinski definition) is 3. The quantitative estimate of drug-likeness (QED) is 0.856. The molecule has 0 unspecified atom stereocenters. The molecule has 128 valence electrons.